The minimum atomic E-state index is -4.66. The van der Waals surface area contributed by atoms with Crippen LogP contribution in [-0.4, -0.2) is 64.0 Å². The quantitative estimate of drug-likeness (QED) is 0.0753. The van der Waals surface area contributed by atoms with Gasteiger partial charge in [0.1, 0.15) is 5.82 Å². The second kappa shape index (κ2) is 16.6. The van der Waals surface area contributed by atoms with Crippen LogP contribution in [0.1, 0.15) is 71.9 Å². The van der Waals surface area contributed by atoms with Gasteiger partial charge in [-0.05, 0) is 72.6 Å². The van der Waals surface area contributed by atoms with Gasteiger partial charge < -0.3 is 31.0 Å². The van der Waals surface area contributed by atoms with Crippen LogP contribution in [0.25, 0.3) is 22.1 Å². The summed E-state index contributed by atoms with van der Waals surface area (Å²) in [6, 6.07) is 36.0. The third-order valence-corrected chi connectivity index (χ3v) is 11.7. The number of H-pyrrole nitrogens is 2. The van der Waals surface area contributed by atoms with E-state index in [-0.39, 0.29) is 52.8 Å². The average molecular weight is 909 g/mol. The van der Waals surface area contributed by atoms with E-state index in [2.05, 4.69) is 25.3 Å². The average Bonchev–Trinajstić information content (AvgIpc) is 4.02. The molecule has 0 saturated heterocycles. The maximum absolute atomic E-state index is 13.6. The zero-order valence-corrected chi connectivity index (χ0v) is 35.3. The lowest BCUT2D eigenvalue weighted by Crippen LogP contribution is -2.45. The number of aryl methyl sites for hydroxylation is 2. The lowest BCUT2D eigenvalue weighted by molar-refractivity contribution is -0.137. The maximum atomic E-state index is 13.6. The molecule has 0 spiro atoms. The Morgan fingerprint density at radius 2 is 1.31 bits per heavy atom. The molecule has 0 radical (unpaired) electrons. The number of imidazole rings is 2. The number of carbonyl (C=O) groups excluding carboxylic acids is 3. The number of carbonyl (C=O) groups is 4. The Kier molecular flexibility index (Phi) is 10.9. The van der Waals surface area contributed by atoms with Crippen LogP contribution in [0.2, 0.25) is 0 Å². The Hall–Kier alpha value is -8.35. The molecular weight excluding hydrogens is 870 g/mol. The summed E-state index contributed by atoms with van der Waals surface area (Å²) in [4.78, 5) is 65.8. The number of nitrogens with two attached hydrogens (primary N) is 1. The van der Waals surface area contributed by atoms with E-state index < -0.39 is 41.1 Å². The number of hydrogen-bond acceptors (Lipinski definition) is 8. The first-order valence-electron chi connectivity index (χ1n) is 20.8. The highest BCUT2D eigenvalue weighted by Crippen LogP contribution is 2.47. The topological polar surface area (TPSA) is 231 Å². The molecule has 0 bridgehead atoms. The molecule has 6 aromatic carbocycles. The van der Waals surface area contributed by atoms with E-state index in [0.29, 0.717) is 51.0 Å². The van der Waals surface area contributed by atoms with Gasteiger partial charge >= 0.3 is 12.3 Å². The van der Waals surface area contributed by atoms with Crippen molar-refractivity contribution >= 4 is 57.5 Å². The molecule has 18 heteroatoms. The smallest absolute Gasteiger partial charge is 0.416 e. The molecule has 2 unspecified atom stereocenters. The fraction of sp³-hybridized carbons (Fsp3) is 0.143. The molecule has 8 aromatic rings. The number of aliphatic hydroxyl groups is 2. The molecule has 0 saturated carbocycles. The molecule has 67 heavy (non-hydrogen) atoms. The van der Waals surface area contributed by atoms with Crippen molar-refractivity contribution in [2.24, 2.45) is 5.73 Å². The number of benzene rings is 6. The van der Waals surface area contributed by atoms with Gasteiger partial charge in [0.2, 0.25) is 11.9 Å². The number of anilines is 2. The summed E-state index contributed by atoms with van der Waals surface area (Å²) in [7, 11) is 0. The predicted molar refractivity (Wildman–Crippen MR) is 240 cm³/mol. The molecule has 8 N–H and O–H groups in total. The summed E-state index contributed by atoms with van der Waals surface area (Å²) in [5.41, 5.74) is 5.82. The Morgan fingerprint density at radius 1 is 0.731 bits per heavy atom. The Bertz CT molecular complexity index is 3280. The van der Waals surface area contributed by atoms with Crippen molar-refractivity contribution in [3.8, 4) is 0 Å². The van der Waals surface area contributed by atoms with Crippen LogP contribution in [0.15, 0.2) is 133 Å². The molecule has 10 rings (SSSR count). The van der Waals surface area contributed by atoms with Gasteiger partial charge in [0, 0.05) is 58.5 Å². The summed E-state index contributed by atoms with van der Waals surface area (Å²) >= 11 is 0. The first-order valence-corrected chi connectivity index (χ1v) is 20.8. The monoisotopic (exact) mass is 908 g/mol. The number of nitrogens with one attached hydrogen (secondary N) is 3. The van der Waals surface area contributed by atoms with Crippen molar-refractivity contribution < 1.29 is 47.7 Å². The Morgan fingerprint density at radius 3 is 1.96 bits per heavy atom. The van der Waals surface area contributed by atoms with Crippen molar-refractivity contribution in [3.05, 3.63) is 189 Å². The molecule has 0 fully saturated rings. The lowest BCUT2D eigenvalue weighted by atomic mass is 9.93. The molecule has 338 valence electrons. The van der Waals surface area contributed by atoms with Crippen LogP contribution >= 0.6 is 0 Å². The number of amides is 4. The number of halogens is 3. The summed E-state index contributed by atoms with van der Waals surface area (Å²) in [5.74, 6) is -0.687. The fourth-order valence-corrected chi connectivity index (χ4v) is 8.71. The molecule has 2 aliphatic heterocycles. The first kappa shape index (κ1) is 43.9. The van der Waals surface area contributed by atoms with Gasteiger partial charge in [-0.2, -0.15) is 13.2 Å². The summed E-state index contributed by atoms with van der Waals surface area (Å²) < 4.78 is 40.7. The fourth-order valence-electron chi connectivity index (χ4n) is 8.71. The van der Waals surface area contributed by atoms with E-state index in [9.17, 15) is 42.6 Å². The highest BCUT2D eigenvalue weighted by molar-refractivity contribution is 6.12. The highest BCUT2D eigenvalue weighted by Gasteiger charge is 2.52. The van der Waals surface area contributed by atoms with Gasteiger partial charge in [-0.3, -0.25) is 29.5 Å². The van der Waals surface area contributed by atoms with E-state index in [4.69, 9.17) is 10.8 Å². The van der Waals surface area contributed by atoms with Gasteiger partial charge in [0.25, 0.3) is 11.8 Å². The van der Waals surface area contributed by atoms with Crippen LogP contribution < -0.4 is 16.0 Å². The number of rotatable bonds is 9. The second-order valence-electron chi connectivity index (χ2n) is 16.1. The number of hydrogen-bond donors (Lipinski definition) is 7. The molecule has 4 heterocycles. The summed E-state index contributed by atoms with van der Waals surface area (Å²) in [6.07, 6.45) is -5.38. The third-order valence-electron chi connectivity index (χ3n) is 11.7. The number of carboxylic acid groups (broad SMARTS) is 1. The minimum absolute atomic E-state index is 0.0510. The third kappa shape index (κ3) is 7.87. The summed E-state index contributed by atoms with van der Waals surface area (Å²) in [6.45, 7) is 1.73. The molecule has 2 aliphatic rings. The lowest BCUT2D eigenvalue weighted by Gasteiger charge is -2.35. The number of fused-ring (bicyclic) bond motifs is 4. The predicted octanol–water partition coefficient (Wildman–Crippen LogP) is 7.66. The normalized spacial score (nSPS) is 17.6. The molecule has 2 atom stereocenters. The number of aromatic amines is 2. The van der Waals surface area contributed by atoms with Gasteiger partial charge in [0.15, 0.2) is 11.4 Å². The van der Waals surface area contributed by atoms with Gasteiger partial charge in [0.05, 0.1) is 27.6 Å². The highest BCUT2D eigenvalue weighted by atomic mass is 19.4. The maximum Gasteiger partial charge on any atom is 0.416 e. The molecule has 4 amide bonds. The van der Waals surface area contributed by atoms with Crippen LogP contribution in [0, 0.1) is 6.92 Å². The molecule has 0 aliphatic carbocycles. The molecule has 15 nitrogen and oxygen atoms in total. The zero-order chi connectivity index (χ0) is 47.4. The van der Waals surface area contributed by atoms with Crippen molar-refractivity contribution in [1.29, 1.82) is 0 Å². The van der Waals surface area contributed by atoms with Crippen molar-refractivity contribution in [2.75, 3.05) is 10.2 Å². The number of primary amides is 1. The number of nitrogens with zero attached hydrogens (tertiary/aromatic N) is 4. The zero-order valence-electron chi connectivity index (χ0n) is 35.3. The first-order chi connectivity index (χ1) is 31.9. The van der Waals surface area contributed by atoms with Gasteiger partial charge in [-0.15, -0.1) is 0 Å². The number of alkyl halides is 3. The minimum Gasteiger partial charge on any atom is -0.465 e. The van der Waals surface area contributed by atoms with Crippen LogP contribution in [-0.2, 0) is 35.4 Å². The van der Waals surface area contributed by atoms with E-state index in [1.54, 1.807) is 42.5 Å². The van der Waals surface area contributed by atoms with Crippen LogP contribution in [0.5, 0.6) is 0 Å². The van der Waals surface area contributed by atoms with Crippen LogP contribution in [0.4, 0.5) is 29.6 Å². The van der Waals surface area contributed by atoms with E-state index in [0.717, 1.165) is 22.6 Å². The SMILES string of the molecule is Cc1cc(N2C(=O)c3ccccc3C2(O)c2ccc3nc(NC(=O)O)[nH]c3c2)cc(C(F)(F)F)c1.NC(=O)CCc1nc2ccc(C3(O)c4ccccc4C(=O)N3Cc3ccccc3)cc2[nH]1. The van der Waals surface area contributed by atoms with E-state index >= 15 is 0 Å². The number of aromatic nitrogens is 4. The summed E-state index contributed by atoms with van der Waals surface area (Å²) in [5, 5.41) is 35.2. The second-order valence-corrected chi connectivity index (χ2v) is 16.1. The standard InChI is InChI=1S/C25H22N4O3.C24H17F3N4O4/c26-22(30)12-13-23-27-20-11-10-17(14-21(20)28-23)25(32)19-9-5-4-8-18(19)24(31)29(25)15-16-6-2-1-3-7-16;1-12-8-14(24(25,26)27)10-15(9-12)31-20(32)16-4-2-3-5-17(16)23(31,35)13-6-7-18-19(11-13)29-21(28-18)30-22(33)34/h1-11,14,32H,12-13,15H2,(H2,26,30)(H,27,28);2-11,35H,1H3,(H,33,34)(H2,28,29,30). The van der Waals surface area contributed by atoms with Gasteiger partial charge in [-0.1, -0.05) is 78.9 Å². The molecule has 2 aromatic heterocycles. The molecular formula is C49H39F3N8O7. The van der Waals surface area contributed by atoms with Gasteiger partial charge in [-0.25, -0.2) is 14.8 Å². The van der Waals surface area contributed by atoms with E-state index in [1.807, 2.05) is 42.5 Å². The van der Waals surface area contributed by atoms with Crippen molar-refractivity contribution in [3.63, 3.8) is 0 Å². The Labute approximate surface area is 378 Å². The largest absolute Gasteiger partial charge is 0.465 e. The van der Waals surface area contributed by atoms with Crippen LogP contribution in [0.3, 0.4) is 0 Å². The Balaban J connectivity index is 0.000000169. The van der Waals surface area contributed by atoms with Crippen molar-refractivity contribution in [1.82, 2.24) is 24.8 Å². The van der Waals surface area contributed by atoms with E-state index in [1.165, 1.54) is 48.2 Å². The van der Waals surface area contributed by atoms with Crippen molar-refractivity contribution in [2.45, 2.75) is 43.9 Å².